The highest BCUT2D eigenvalue weighted by Crippen LogP contribution is 2.19. The largest absolute Gasteiger partial charge is 0.467 e. The number of carbonyl (C=O) groups is 1. The maximum atomic E-state index is 11.7. The van der Waals surface area contributed by atoms with Gasteiger partial charge < -0.3 is 15.1 Å². The van der Waals surface area contributed by atoms with Crippen LogP contribution in [0.4, 0.5) is 5.69 Å². The van der Waals surface area contributed by atoms with Gasteiger partial charge in [0, 0.05) is 23.7 Å². The minimum Gasteiger partial charge on any atom is -0.467 e. The number of benzene rings is 1. The molecule has 0 aliphatic carbocycles. The highest BCUT2D eigenvalue weighted by Gasteiger charge is 2.04. The smallest absolute Gasteiger partial charge is 0.222 e. The molecular formula is C15H17ClN2O2. The van der Waals surface area contributed by atoms with Crippen LogP contribution in [0.3, 0.4) is 0 Å². The Morgan fingerprint density at radius 3 is 2.95 bits per heavy atom. The van der Waals surface area contributed by atoms with Gasteiger partial charge in [0.25, 0.3) is 0 Å². The van der Waals surface area contributed by atoms with Gasteiger partial charge in [-0.25, -0.2) is 0 Å². The summed E-state index contributed by atoms with van der Waals surface area (Å²) in [5.74, 6) is 0.727. The summed E-state index contributed by atoms with van der Waals surface area (Å²) in [6, 6.07) is 9.27. The lowest BCUT2D eigenvalue weighted by atomic mass is 10.2. The molecule has 0 saturated heterocycles. The third-order valence-electron chi connectivity index (χ3n) is 2.91. The molecule has 2 aromatic rings. The van der Waals surface area contributed by atoms with Crippen molar-refractivity contribution in [3.05, 3.63) is 52.9 Å². The van der Waals surface area contributed by atoms with Gasteiger partial charge in [0.1, 0.15) is 5.76 Å². The van der Waals surface area contributed by atoms with Crippen molar-refractivity contribution < 1.29 is 9.21 Å². The van der Waals surface area contributed by atoms with Crippen LogP contribution in [-0.4, -0.2) is 12.5 Å². The van der Waals surface area contributed by atoms with Crippen molar-refractivity contribution >= 4 is 23.2 Å². The summed E-state index contributed by atoms with van der Waals surface area (Å²) in [6.45, 7) is 2.98. The van der Waals surface area contributed by atoms with Crippen LogP contribution in [0.2, 0.25) is 5.02 Å². The zero-order valence-corrected chi connectivity index (χ0v) is 12.0. The number of halogens is 1. The van der Waals surface area contributed by atoms with Gasteiger partial charge in [-0.2, -0.15) is 0 Å². The number of amides is 1. The molecule has 106 valence electrons. The van der Waals surface area contributed by atoms with Crippen LogP contribution < -0.4 is 10.6 Å². The second-order valence-electron chi connectivity index (χ2n) is 4.49. The van der Waals surface area contributed by atoms with E-state index >= 15 is 0 Å². The van der Waals surface area contributed by atoms with E-state index in [-0.39, 0.29) is 5.91 Å². The minimum absolute atomic E-state index is 0.0198. The molecule has 0 aliphatic rings. The van der Waals surface area contributed by atoms with Crippen LogP contribution in [0, 0.1) is 6.92 Å². The standard InChI is InChI=1S/C15H17ClN2O2/c1-11-4-5-12(16)9-14(11)17-7-6-15(19)18-10-13-3-2-8-20-13/h2-5,8-9,17H,6-7,10H2,1H3,(H,18,19). The molecule has 2 N–H and O–H groups in total. The van der Waals surface area contributed by atoms with Crippen LogP contribution >= 0.6 is 11.6 Å². The van der Waals surface area contributed by atoms with Gasteiger partial charge in [-0.15, -0.1) is 0 Å². The number of carbonyl (C=O) groups excluding carboxylic acids is 1. The van der Waals surface area contributed by atoms with Gasteiger partial charge in [-0.05, 0) is 36.8 Å². The van der Waals surface area contributed by atoms with E-state index in [2.05, 4.69) is 10.6 Å². The maximum Gasteiger partial charge on any atom is 0.222 e. The molecule has 0 aliphatic heterocycles. The van der Waals surface area contributed by atoms with Crippen molar-refractivity contribution in [3.63, 3.8) is 0 Å². The van der Waals surface area contributed by atoms with E-state index in [1.807, 2.05) is 31.2 Å². The van der Waals surface area contributed by atoms with Crippen LogP contribution in [0.25, 0.3) is 0 Å². The Morgan fingerprint density at radius 2 is 2.20 bits per heavy atom. The fourth-order valence-corrected chi connectivity index (χ4v) is 1.95. The quantitative estimate of drug-likeness (QED) is 0.858. The Labute approximate surface area is 123 Å². The van der Waals surface area contributed by atoms with Crippen LogP contribution in [0.15, 0.2) is 41.0 Å². The molecule has 1 amide bonds. The van der Waals surface area contributed by atoms with E-state index in [1.54, 1.807) is 12.3 Å². The highest BCUT2D eigenvalue weighted by atomic mass is 35.5. The SMILES string of the molecule is Cc1ccc(Cl)cc1NCCC(=O)NCc1ccco1. The number of rotatable bonds is 6. The summed E-state index contributed by atoms with van der Waals surface area (Å²) in [7, 11) is 0. The van der Waals surface area contributed by atoms with Gasteiger partial charge in [0.05, 0.1) is 12.8 Å². The van der Waals surface area contributed by atoms with Gasteiger partial charge in [0.2, 0.25) is 5.91 Å². The highest BCUT2D eigenvalue weighted by molar-refractivity contribution is 6.30. The lowest BCUT2D eigenvalue weighted by Gasteiger charge is -2.10. The van der Waals surface area contributed by atoms with Gasteiger partial charge in [0.15, 0.2) is 0 Å². The second-order valence-corrected chi connectivity index (χ2v) is 4.93. The zero-order valence-electron chi connectivity index (χ0n) is 11.3. The third kappa shape index (κ3) is 4.31. The second kappa shape index (κ2) is 7.01. The summed E-state index contributed by atoms with van der Waals surface area (Å²) in [6.07, 6.45) is 1.98. The summed E-state index contributed by atoms with van der Waals surface area (Å²) >= 11 is 5.94. The molecule has 0 fully saturated rings. The molecule has 0 saturated carbocycles. The van der Waals surface area contributed by atoms with Gasteiger partial charge in [-0.1, -0.05) is 17.7 Å². The number of anilines is 1. The average molecular weight is 293 g/mol. The normalized spacial score (nSPS) is 10.3. The van der Waals surface area contributed by atoms with Crippen molar-refractivity contribution in [1.29, 1.82) is 0 Å². The van der Waals surface area contributed by atoms with E-state index in [0.717, 1.165) is 17.0 Å². The Balaban J connectivity index is 1.72. The molecule has 1 aromatic carbocycles. The maximum absolute atomic E-state index is 11.7. The van der Waals surface area contributed by atoms with E-state index in [4.69, 9.17) is 16.0 Å². The molecule has 20 heavy (non-hydrogen) atoms. The summed E-state index contributed by atoms with van der Waals surface area (Å²) in [5, 5.41) is 6.69. The van der Waals surface area contributed by atoms with E-state index in [0.29, 0.717) is 24.5 Å². The van der Waals surface area contributed by atoms with Crippen molar-refractivity contribution in [1.82, 2.24) is 5.32 Å². The third-order valence-corrected chi connectivity index (χ3v) is 3.14. The fourth-order valence-electron chi connectivity index (χ4n) is 1.78. The predicted octanol–water partition coefficient (Wildman–Crippen LogP) is 3.36. The lowest BCUT2D eigenvalue weighted by molar-refractivity contribution is -0.121. The molecule has 0 spiro atoms. The fraction of sp³-hybridized carbons (Fsp3) is 0.267. The number of nitrogens with one attached hydrogen (secondary N) is 2. The molecule has 0 radical (unpaired) electrons. The zero-order chi connectivity index (χ0) is 14.4. The average Bonchev–Trinajstić information content (AvgIpc) is 2.93. The molecule has 0 unspecified atom stereocenters. The van der Waals surface area contributed by atoms with E-state index in [9.17, 15) is 4.79 Å². The van der Waals surface area contributed by atoms with E-state index in [1.165, 1.54) is 0 Å². The number of hydrogen-bond donors (Lipinski definition) is 2. The molecule has 5 heteroatoms. The molecule has 4 nitrogen and oxygen atoms in total. The Morgan fingerprint density at radius 1 is 1.35 bits per heavy atom. The molecule has 1 aromatic heterocycles. The molecule has 0 bridgehead atoms. The van der Waals surface area contributed by atoms with Crippen molar-refractivity contribution in [2.75, 3.05) is 11.9 Å². The van der Waals surface area contributed by atoms with Gasteiger partial charge >= 0.3 is 0 Å². The summed E-state index contributed by atoms with van der Waals surface area (Å²) in [5.41, 5.74) is 2.06. The predicted molar refractivity (Wildman–Crippen MR) is 79.9 cm³/mol. The molecule has 0 atom stereocenters. The first kappa shape index (κ1) is 14.5. The molecule has 2 rings (SSSR count). The Bertz CT molecular complexity index is 567. The first-order chi connectivity index (χ1) is 9.65. The molecular weight excluding hydrogens is 276 g/mol. The monoisotopic (exact) mass is 292 g/mol. The lowest BCUT2D eigenvalue weighted by Crippen LogP contribution is -2.24. The van der Waals surface area contributed by atoms with Crippen molar-refractivity contribution in [3.8, 4) is 0 Å². The van der Waals surface area contributed by atoms with Gasteiger partial charge in [-0.3, -0.25) is 4.79 Å². The number of furan rings is 1. The van der Waals surface area contributed by atoms with Crippen molar-refractivity contribution in [2.24, 2.45) is 0 Å². The Hall–Kier alpha value is -1.94. The summed E-state index contributed by atoms with van der Waals surface area (Å²) in [4.78, 5) is 11.7. The number of hydrogen-bond acceptors (Lipinski definition) is 3. The minimum atomic E-state index is -0.0198. The van der Waals surface area contributed by atoms with E-state index < -0.39 is 0 Å². The Kier molecular flexibility index (Phi) is 5.07. The number of aryl methyl sites for hydroxylation is 1. The summed E-state index contributed by atoms with van der Waals surface area (Å²) < 4.78 is 5.14. The first-order valence-corrected chi connectivity index (χ1v) is 6.82. The van der Waals surface area contributed by atoms with Crippen LogP contribution in [0.5, 0.6) is 0 Å². The topological polar surface area (TPSA) is 54.3 Å². The van der Waals surface area contributed by atoms with Crippen LogP contribution in [-0.2, 0) is 11.3 Å². The van der Waals surface area contributed by atoms with Crippen LogP contribution in [0.1, 0.15) is 17.7 Å². The van der Waals surface area contributed by atoms with Crippen molar-refractivity contribution in [2.45, 2.75) is 19.9 Å². The molecule has 1 heterocycles. The first-order valence-electron chi connectivity index (χ1n) is 6.44.